The Bertz CT molecular complexity index is 1670. The van der Waals surface area contributed by atoms with Gasteiger partial charge >= 0.3 is 0 Å². The van der Waals surface area contributed by atoms with E-state index < -0.39 is 11.4 Å². The highest BCUT2D eigenvalue weighted by Gasteiger charge is 2.65. The topological polar surface area (TPSA) is 80.1 Å². The molecule has 2 amide bonds. The van der Waals surface area contributed by atoms with E-state index in [0.29, 0.717) is 35.4 Å². The summed E-state index contributed by atoms with van der Waals surface area (Å²) in [6.45, 7) is 3.13. The lowest BCUT2D eigenvalue weighted by Crippen LogP contribution is -2.55. The van der Waals surface area contributed by atoms with Crippen LogP contribution in [0.5, 0.6) is 0 Å². The van der Waals surface area contributed by atoms with Crippen LogP contribution < -0.4 is 10.3 Å². The molecule has 0 saturated carbocycles. The molecular formula is C31H26N2O5. The van der Waals surface area contributed by atoms with Gasteiger partial charge < -0.3 is 19.0 Å². The molecule has 0 bridgehead atoms. The van der Waals surface area contributed by atoms with Gasteiger partial charge in [-0.05, 0) is 43.5 Å². The molecule has 7 rings (SSSR count). The second kappa shape index (κ2) is 8.39. The van der Waals surface area contributed by atoms with Crippen molar-refractivity contribution in [3.8, 4) is 0 Å². The predicted octanol–water partition coefficient (Wildman–Crippen LogP) is 4.53. The lowest BCUT2D eigenvalue weighted by molar-refractivity contribution is -0.126. The van der Waals surface area contributed by atoms with Gasteiger partial charge in [-0.2, -0.15) is 0 Å². The largest absolute Gasteiger partial charge is 0.450 e. The number of aryl methyl sites for hydroxylation is 1. The fourth-order valence-corrected chi connectivity index (χ4v) is 6.21. The molecule has 7 heteroatoms. The van der Waals surface area contributed by atoms with Gasteiger partial charge in [0, 0.05) is 18.7 Å². The average Bonchev–Trinajstić information content (AvgIpc) is 3.60. The number of fused-ring (bicyclic) bond motifs is 5. The minimum atomic E-state index is -1.62. The molecule has 4 heterocycles. The summed E-state index contributed by atoms with van der Waals surface area (Å²) in [6.07, 6.45) is 1.45. The van der Waals surface area contributed by atoms with Gasteiger partial charge in [0.2, 0.25) is 5.76 Å². The van der Waals surface area contributed by atoms with Crippen LogP contribution >= 0.6 is 0 Å². The number of hydrogen-bond donors (Lipinski definition) is 0. The Hall–Kier alpha value is -4.23. The Balaban J connectivity index is 1.48. The lowest BCUT2D eigenvalue weighted by Gasteiger charge is -2.35. The van der Waals surface area contributed by atoms with E-state index >= 15 is 0 Å². The Labute approximate surface area is 219 Å². The molecule has 0 radical (unpaired) electrons. The Kier molecular flexibility index (Phi) is 5.07. The van der Waals surface area contributed by atoms with E-state index in [1.165, 1.54) is 4.90 Å². The lowest BCUT2D eigenvalue weighted by atomic mass is 9.83. The monoisotopic (exact) mass is 506 g/mol. The Morgan fingerprint density at radius 2 is 1.71 bits per heavy atom. The first-order valence-electron chi connectivity index (χ1n) is 13.0. The van der Waals surface area contributed by atoms with E-state index in [1.807, 2.05) is 55.5 Å². The molecule has 38 heavy (non-hydrogen) atoms. The minimum absolute atomic E-state index is 0.0629. The number of hydrogen-bond acceptors (Lipinski definition) is 5. The van der Waals surface area contributed by atoms with Crippen molar-refractivity contribution in [2.75, 3.05) is 18.1 Å². The molecule has 7 nitrogen and oxygen atoms in total. The van der Waals surface area contributed by atoms with Crippen LogP contribution in [0.4, 0.5) is 5.69 Å². The van der Waals surface area contributed by atoms with Crippen LogP contribution in [-0.4, -0.2) is 36.0 Å². The van der Waals surface area contributed by atoms with Crippen molar-refractivity contribution in [3.63, 3.8) is 0 Å². The third kappa shape index (κ3) is 3.08. The molecule has 3 aliphatic heterocycles. The van der Waals surface area contributed by atoms with Crippen LogP contribution in [0.3, 0.4) is 0 Å². The summed E-state index contributed by atoms with van der Waals surface area (Å²) in [7, 11) is 0. The van der Waals surface area contributed by atoms with Crippen LogP contribution in [-0.2, 0) is 21.6 Å². The fraction of sp³-hybridized carbons (Fsp3) is 0.258. The molecule has 2 atom stereocenters. The van der Waals surface area contributed by atoms with E-state index in [2.05, 4.69) is 0 Å². The molecule has 1 saturated heterocycles. The zero-order valence-electron chi connectivity index (χ0n) is 21.0. The van der Waals surface area contributed by atoms with Gasteiger partial charge in [-0.15, -0.1) is 0 Å². The van der Waals surface area contributed by atoms with E-state index in [1.54, 1.807) is 29.2 Å². The van der Waals surface area contributed by atoms with Gasteiger partial charge in [0.05, 0.1) is 29.3 Å². The van der Waals surface area contributed by atoms with Crippen molar-refractivity contribution in [3.05, 3.63) is 111 Å². The van der Waals surface area contributed by atoms with E-state index in [9.17, 15) is 14.4 Å². The summed E-state index contributed by atoms with van der Waals surface area (Å²) in [5, 5.41) is 0.347. The molecule has 190 valence electrons. The Morgan fingerprint density at radius 1 is 0.947 bits per heavy atom. The zero-order chi connectivity index (χ0) is 26.0. The number of ether oxygens (including phenoxy) is 1. The molecule has 4 aromatic rings. The maximum absolute atomic E-state index is 14.7. The SMILES string of the molecule is Cc1ccc(CN2C(=O)C3(c4ccccc42)c2c(oc4ccccc4c2=O)C(=O)N3CC2CCCO2)cc1. The summed E-state index contributed by atoms with van der Waals surface area (Å²) >= 11 is 0. The molecule has 2 unspecified atom stereocenters. The first kappa shape index (κ1) is 22.9. The molecular weight excluding hydrogens is 480 g/mol. The summed E-state index contributed by atoms with van der Waals surface area (Å²) in [5.41, 5.74) is 1.83. The van der Waals surface area contributed by atoms with Gasteiger partial charge in [-0.3, -0.25) is 14.4 Å². The van der Waals surface area contributed by atoms with Gasteiger partial charge in [0.1, 0.15) is 5.58 Å². The van der Waals surface area contributed by atoms with Crippen molar-refractivity contribution in [2.45, 2.75) is 38.0 Å². The molecule has 0 N–H and O–H groups in total. The smallest absolute Gasteiger partial charge is 0.291 e. The van der Waals surface area contributed by atoms with Crippen LogP contribution in [0.25, 0.3) is 11.0 Å². The molecule has 1 fully saturated rings. The molecule has 3 aliphatic rings. The second-order valence-electron chi connectivity index (χ2n) is 10.3. The van der Waals surface area contributed by atoms with Crippen molar-refractivity contribution in [1.29, 1.82) is 0 Å². The number of amides is 2. The Morgan fingerprint density at radius 3 is 2.50 bits per heavy atom. The normalized spacial score (nSPS) is 22.1. The summed E-state index contributed by atoms with van der Waals surface area (Å²) < 4.78 is 12.0. The summed E-state index contributed by atoms with van der Waals surface area (Å²) in [6, 6.07) is 22.3. The standard InChI is InChI=1S/C31H26N2O5/c1-19-12-14-20(15-13-19)17-32-24-10-4-3-9-23(24)31(30(32)36)26-27(34)22-8-2-5-11-25(22)38-28(26)29(35)33(31)18-21-7-6-16-37-21/h2-5,8-15,21H,6-7,16-18H2,1H3. The van der Waals surface area contributed by atoms with Crippen LogP contribution in [0.1, 0.15) is 45.7 Å². The summed E-state index contributed by atoms with van der Waals surface area (Å²) in [4.78, 5) is 46.2. The number of nitrogens with zero attached hydrogens (tertiary/aromatic N) is 2. The van der Waals surface area contributed by atoms with E-state index in [0.717, 1.165) is 24.0 Å². The number of rotatable bonds is 4. The zero-order valence-corrected chi connectivity index (χ0v) is 21.0. The van der Waals surface area contributed by atoms with Crippen LogP contribution in [0.2, 0.25) is 0 Å². The number of anilines is 1. The quantitative estimate of drug-likeness (QED) is 0.407. The van der Waals surface area contributed by atoms with Crippen LogP contribution in [0.15, 0.2) is 82.0 Å². The summed E-state index contributed by atoms with van der Waals surface area (Å²) in [5.74, 6) is -0.849. The van der Waals surface area contributed by atoms with Crippen molar-refractivity contribution in [2.24, 2.45) is 0 Å². The predicted molar refractivity (Wildman–Crippen MR) is 142 cm³/mol. The van der Waals surface area contributed by atoms with Crippen molar-refractivity contribution < 1.29 is 18.7 Å². The maximum Gasteiger partial charge on any atom is 0.291 e. The highest BCUT2D eigenvalue weighted by Crippen LogP contribution is 2.53. The van der Waals surface area contributed by atoms with Gasteiger partial charge in [0.15, 0.2) is 11.0 Å². The molecule has 3 aromatic carbocycles. The minimum Gasteiger partial charge on any atom is -0.450 e. The molecule has 1 spiro atoms. The third-order valence-corrected chi connectivity index (χ3v) is 8.01. The first-order valence-corrected chi connectivity index (χ1v) is 13.0. The third-order valence-electron chi connectivity index (χ3n) is 8.01. The number of carbonyl (C=O) groups is 2. The number of carbonyl (C=O) groups excluding carboxylic acids is 2. The second-order valence-corrected chi connectivity index (χ2v) is 10.3. The molecule has 1 aromatic heterocycles. The van der Waals surface area contributed by atoms with E-state index in [4.69, 9.17) is 9.15 Å². The van der Waals surface area contributed by atoms with Gasteiger partial charge in [0.25, 0.3) is 11.8 Å². The average molecular weight is 507 g/mol. The van der Waals surface area contributed by atoms with Crippen molar-refractivity contribution in [1.82, 2.24) is 4.90 Å². The first-order chi connectivity index (χ1) is 18.5. The molecule has 0 aliphatic carbocycles. The van der Waals surface area contributed by atoms with Gasteiger partial charge in [-0.25, -0.2) is 0 Å². The number of benzene rings is 3. The fourth-order valence-electron chi connectivity index (χ4n) is 6.21. The maximum atomic E-state index is 14.7. The van der Waals surface area contributed by atoms with Gasteiger partial charge in [-0.1, -0.05) is 60.2 Å². The highest BCUT2D eigenvalue weighted by atomic mass is 16.5. The van der Waals surface area contributed by atoms with Crippen LogP contribution in [0, 0.1) is 6.92 Å². The number of para-hydroxylation sites is 2. The van der Waals surface area contributed by atoms with Crippen molar-refractivity contribution >= 4 is 28.5 Å². The van der Waals surface area contributed by atoms with E-state index in [-0.39, 0.29) is 35.3 Å². The highest BCUT2D eigenvalue weighted by molar-refractivity contribution is 6.17.